The predicted octanol–water partition coefficient (Wildman–Crippen LogP) is 3.52. The maximum atomic E-state index is 12.9. The Balaban J connectivity index is 1.29. The monoisotopic (exact) mass is 476 g/mol. The first-order chi connectivity index (χ1) is 16.5. The van der Waals surface area contributed by atoms with Gasteiger partial charge in [-0.25, -0.2) is 4.98 Å². The lowest BCUT2D eigenvalue weighted by Crippen LogP contribution is -2.49. The number of amides is 1. The van der Waals surface area contributed by atoms with E-state index >= 15 is 0 Å². The van der Waals surface area contributed by atoms with Gasteiger partial charge in [0.15, 0.2) is 5.13 Å². The number of piperidine rings is 1. The number of carbonyl (C=O) groups is 1. The fourth-order valence-corrected chi connectivity index (χ4v) is 6.38. The average Bonchev–Trinajstić information content (AvgIpc) is 3.40. The Morgan fingerprint density at radius 3 is 2.56 bits per heavy atom. The van der Waals surface area contributed by atoms with Gasteiger partial charge in [0.1, 0.15) is 0 Å². The normalized spacial score (nSPS) is 21.4. The van der Waals surface area contributed by atoms with Crippen molar-refractivity contribution in [2.45, 2.75) is 43.4 Å². The van der Waals surface area contributed by atoms with E-state index in [0.29, 0.717) is 6.42 Å². The molecule has 2 heterocycles. The molecule has 7 heteroatoms. The van der Waals surface area contributed by atoms with Crippen molar-refractivity contribution in [3.8, 4) is 0 Å². The van der Waals surface area contributed by atoms with Gasteiger partial charge in [0, 0.05) is 37.1 Å². The molecule has 6 nitrogen and oxygen atoms in total. The number of likely N-dealkylation sites (tertiary alicyclic amines) is 1. The van der Waals surface area contributed by atoms with Crippen LogP contribution in [0.2, 0.25) is 0 Å². The summed E-state index contributed by atoms with van der Waals surface area (Å²) in [4.78, 5) is 23.1. The van der Waals surface area contributed by atoms with Crippen LogP contribution < -0.4 is 10.2 Å². The van der Waals surface area contributed by atoms with Crippen LogP contribution in [0.5, 0.6) is 0 Å². The summed E-state index contributed by atoms with van der Waals surface area (Å²) < 4.78 is 0. The second-order valence-electron chi connectivity index (χ2n) is 9.68. The Bertz CT molecular complexity index is 1140. The van der Waals surface area contributed by atoms with Crippen molar-refractivity contribution in [3.05, 3.63) is 82.4 Å². The second-order valence-corrected chi connectivity index (χ2v) is 10.8. The Morgan fingerprint density at radius 2 is 1.85 bits per heavy atom. The number of hydrogen-bond acceptors (Lipinski definition) is 6. The van der Waals surface area contributed by atoms with E-state index in [1.807, 2.05) is 67.7 Å². The molecule has 0 bridgehead atoms. The average molecular weight is 477 g/mol. The smallest absolute Gasteiger partial charge is 0.224 e. The summed E-state index contributed by atoms with van der Waals surface area (Å²) in [6, 6.07) is 17.6. The van der Waals surface area contributed by atoms with Gasteiger partial charge in [-0.05, 0) is 42.6 Å². The quantitative estimate of drug-likeness (QED) is 0.570. The molecule has 2 atom stereocenters. The minimum atomic E-state index is -0.629. The fourth-order valence-electron chi connectivity index (χ4n) is 5.51. The molecule has 34 heavy (non-hydrogen) atoms. The number of nitrogens with zero attached hydrogens (tertiary/aromatic N) is 3. The maximum Gasteiger partial charge on any atom is 0.224 e. The fraction of sp³-hybridized carbons (Fsp3) is 0.407. The molecule has 1 fully saturated rings. The number of anilines is 1. The summed E-state index contributed by atoms with van der Waals surface area (Å²) >= 11 is 1.73. The lowest BCUT2D eigenvalue weighted by Gasteiger charge is -2.42. The number of nitrogens with one attached hydrogen (secondary N) is 1. The Hall–Kier alpha value is -2.74. The standard InChI is InChI=1S/C27H32N4O2S/c1-30(2)26-28-17-20(34-26)18-31-14-12-27(13-15-31)22-11-7-6-10-21(22)24(25(27)33)29-23(32)16-19-8-4-3-5-9-19/h3-11,17,24-25,33H,12-16,18H2,1-2H3,(H,29,32)/t24-,25+/m1/s1. The van der Waals surface area contributed by atoms with E-state index in [2.05, 4.69) is 27.3 Å². The summed E-state index contributed by atoms with van der Waals surface area (Å²) in [7, 11) is 4.03. The lowest BCUT2D eigenvalue weighted by molar-refractivity contribution is -0.122. The highest BCUT2D eigenvalue weighted by molar-refractivity contribution is 7.15. The summed E-state index contributed by atoms with van der Waals surface area (Å²) in [6.07, 6.45) is 3.40. The van der Waals surface area contributed by atoms with Crippen LogP contribution in [-0.4, -0.2) is 54.2 Å². The molecule has 2 aliphatic rings. The first-order valence-corrected chi connectivity index (χ1v) is 12.7. The number of thiazole rings is 1. The first-order valence-electron chi connectivity index (χ1n) is 11.9. The molecule has 0 radical (unpaired) electrons. The zero-order valence-electron chi connectivity index (χ0n) is 19.8. The molecule has 1 aliphatic carbocycles. The van der Waals surface area contributed by atoms with Gasteiger partial charge in [0.25, 0.3) is 0 Å². The van der Waals surface area contributed by atoms with E-state index in [-0.39, 0.29) is 17.4 Å². The van der Waals surface area contributed by atoms with Crippen molar-refractivity contribution in [1.29, 1.82) is 0 Å². The second kappa shape index (κ2) is 9.49. The molecule has 178 valence electrons. The molecular weight excluding hydrogens is 444 g/mol. The summed E-state index contributed by atoms with van der Waals surface area (Å²) in [5.41, 5.74) is 2.91. The molecular formula is C27H32N4O2S. The van der Waals surface area contributed by atoms with Gasteiger partial charge in [-0.2, -0.15) is 0 Å². The SMILES string of the molecule is CN(C)c1ncc(CN2CCC3(CC2)c2ccccc2[C@@H](NC(=O)Cc2ccccc2)[C@@H]3O)s1. The molecule has 1 saturated heterocycles. The Kier molecular flexibility index (Phi) is 6.42. The van der Waals surface area contributed by atoms with Gasteiger partial charge in [-0.3, -0.25) is 9.69 Å². The van der Waals surface area contributed by atoms with Crippen LogP contribution in [0.25, 0.3) is 0 Å². The van der Waals surface area contributed by atoms with Crippen molar-refractivity contribution < 1.29 is 9.90 Å². The van der Waals surface area contributed by atoms with Gasteiger partial charge < -0.3 is 15.3 Å². The van der Waals surface area contributed by atoms with E-state index in [1.165, 1.54) is 10.4 Å². The largest absolute Gasteiger partial charge is 0.390 e. The number of fused-ring (bicyclic) bond motifs is 2. The van der Waals surface area contributed by atoms with Crippen LogP contribution in [0.4, 0.5) is 5.13 Å². The van der Waals surface area contributed by atoms with Crippen LogP contribution in [-0.2, 0) is 23.2 Å². The van der Waals surface area contributed by atoms with Gasteiger partial charge in [-0.1, -0.05) is 54.6 Å². The third kappa shape index (κ3) is 4.35. The minimum absolute atomic E-state index is 0.0542. The van der Waals surface area contributed by atoms with Crippen LogP contribution in [0, 0.1) is 0 Å². The highest BCUT2D eigenvalue weighted by atomic mass is 32.1. The summed E-state index contributed by atoms with van der Waals surface area (Å²) in [6.45, 7) is 2.70. The number of aliphatic hydroxyl groups is 1. The summed E-state index contributed by atoms with van der Waals surface area (Å²) in [5, 5.41) is 15.8. The van der Waals surface area contributed by atoms with E-state index in [4.69, 9.17) is 0 Å². The molecule has 2 N–H and O–H groups in total. The molecule has 1 amide bonds. The Labute approximate surface area is 205 Å². The molecule has 3 aromatic rings. The molecule has 1 aliphatic heterocycles. The number of hydrogen-bond donors (Lipinski definition) is 2. The molecule has 5 rings (SSSR count). The molecule has 1 aromatic heterocycles. The van der Waals surface area contributed by atoms with E-state index in [9.17, 15) is 9.90 Å². The van der Waals surface area contributed by atoms with Crippen LogP contribution >= 0.6 is 11.3 Å². The first kappa shape index (κ1) is 23.0. The topological polar surface area (TPSA) is 68.7 Å². The van der Waals surface area contributed by atoms with E-state index in [0.717, 1.165) is 48.7 Å². The van der Waals surface area contributed by atoms with Gasteiger partial charge in [0.2, 0.25) is 5.91 Å². The lowest BCUT2D eigenvalue weighted by atomic mass is 9.72. The van der Waals surface area contributed by atoms with E-state index < -0.39 is 6.10 Å². The molecule has 1 spiro atoms. The number of aromatic nitrogens is 1. The number of rotatable bonds is 6. The third-order valence-electron chi connectivity index (χ3n) is 7.29. The number of benzene rings is 2. The maximum absolute atomic E-state index is 12.9. The highest BCUT2D eigenvalue weighted by Crippen LogP contribution is 2.51. The zero-order chi connectivity index (χ0) is 23.7. The van der Waals surface area contributed by atoms with Crippen molar-refractivity contribution in [1.82, 2.24) is 15.2 Å². The van der Waals surface area contributed by atoms with Crippen LogP contribution in [0.1, 0.15) is 40.5 Å². The van der Waals surface area contributed by atoms with Crippen molar-refractivity contribution in [2.24, 2.45) is 0 Å². The highest BCUT2D eigenvalue weighted by Gasteiger charge is 2.52. The predicted molar refractivity (Wildman–Crippen MR) is 136 cm³/mol. The van der Waals surface area contributed by atoms with Gasteiger partial charge >= 0.3 is 0 Å². The Morgan fingerprint density at radius 1 is 1.15 bits per heavy atom. The van der Waals surface area contributed by atoms with Crippen molar-refractivity contribution >= 4 is 22.4 Å². The molecule has 0 unspecified atom stereocenters. The molecule has 2 aromatic carbocycles. The molecule has 0 saturated carbocycles. The van der Waals surface area contributed by atoms with Crippen molar-refractivity contribution in [3.63, 3.8) is 0 Å². The van der Waals surface area contributed by atoms with Crippen LogP contribution in [0.15, 0.2) is 60.8 Å². The minimum Gasteiger partial charge on any atom is -0.390 e. The van der Waals surface area contributed by atoms with E-state index in [1.54, 1.807) is 11.3 Å². The number of carbonyl (C=O) groups excluding carboxylic acids is 1. The summed E-state index contributed by atoms with van der Waals surface area (Å²) in [5.74, 6) is -0.0542. The van der Waals surface area contributed by atoms with Gasteiger partial charge in [-0.15, -0.1) is 11.3 Å². The van der Waals surface area contributed by atoms with Gasteiger partial charge in [0.05, 0.1) is 18.6 Å². The van der Waals surface area contributed by atoms with Crippen molar-refractivity contribution in [2.75, 3.05) is 32.1 Å². The number of aliphatic hydroxyl groups excluding tert-OH is 1. The zero-order valence-corrected chi connectivity index (χ0v) is 20.6. The third-order valence-corrected chi connectivity index (χ3v) is 8.44. The van der Waals surface area contributed by atoms with Crippen LogP contribution in [0.3, 0.4) is 0 Å².